The van der Waals surface area contributed by atoms with Crippen LogP contribution in [0.15, 0.2) is 35.4 Å². The molecule has 25 heavy (non-hydrogen) atoms. The van der Waals surface area contributed by atoms with E-state index in [1.165, 1.54) is 36.8 Å². The molecule has 1 atom stereocenters. The van der Waals surface area contributed by atoms with Crippen molar-refractivity contribution in [3.63, 3.8) is 0 Å². The third-order valence-corrected chi connectivity index (χ3v) is 4.73. The number of hydrogen-bond acceptors (Lipinski definition) is 4. The molecule has 0 unspecified atom stereocenters. The van der Waals surface area contributed by atoms with Crippen molar-refractivity contribution in [3.8, 4) is 0 Å². The molecule has 6 heteroatoms. The van der Waals surface area contributed by atoms with Gasteiger partial charge in [-0.25, -0.2) is 4.98 Å². The van der Waals surface area contributed by atoms with E-state index in [9.17, 15) is 9.59 Å². The number of fused-ring (bicyclic) bond motifs is 1. The first-order valence-corrected chi connectivity index (χ1v) is 9.07. The summed E-state index contributed by atoms with van der Waals surface area (Å²) in [4.78, 5) is 31.2. The van der Waals surface area contributed by atoms with Crippen molar-refractivity contribution < 1.29 is 4.79 Å². The quantitative estimate of drug-likeness (QED) is 0.831. The number of nitrogens with one attached hydrogen (secondary N) is 1. The average Bonchev–Trinajstić information content (AvgIpc) is 3.12. The summed E-state index contributed by atoms with van der Waals surface area (Å²) in [7, 11) is 0. The van der Waals surface area contributed by atoms with Gasteiger partial charge in [0.15, 0.2) is 0 Å². The first kappa shape index (κ1) is 17.6. The number of aromatic nitrogens is 2. The highest BCUT2D eigenvalue weighted by Crippen LogP contribution is 2.09. The third-order valence-electron chi connectivity index (χ3n) is 4.73. The first-order valence-electron chi connectivity index (χ1n) is 9.07. The van der Waals surface area contributed by atoms with Gasteiger partial charge >= 0.3 is 0 Å². The van der Waals surface area contributed by atoms with Crippen molar-refractivity contribution in [1.82, 2.24) is 19.8 Å². The number of nitrogens with zero attached hydrogens (tertiary/aromatic N) is 3. The molecule has 1 aromatic heterocycles. The summed E-state index contributed by atoms with van der Waals surface area (Å²) >= 11 is 0. The molecule has 134 valence electrons. The maximum Gasteiger partial charge on any atom is 0.261 e. The number of aryl methyl sites for hydroxylation is 1. The second kappa shape index (κ2) is 8.25. The average molecular weight is 342 g/mol. The molecule has 1 aliphatic heterocycles. The van der Waals surface area contributed by atoms with Gasteiger partial charge in [-0.2, -0.15) is 0 Å². The van der Waals surface area contributed by atoms with Gasteiger partial charge in [0.05, 0.1) is 17.2 Å². The Bertz CT molecular complexity index is 780. The Morgan fingerprint density at radius 3 is 2.84 bits per heavy atom. The van der Waals surface area contributed by atoms with Crippen molar-refractivity contribution in [2.24, 2.45) is 5.92 Å². The summed E-state index contributed by atoms with van der Waals surface area (Å²) in [6.07, 6.45) is 4.38. The number of rotatable bonds is 7. The summed E-state index contributed by atoms with van der Waals surface area (Å²) in [5.74, 6) is 0.417. The van der Waals surface area contributed by atoms with Crippen LogP contribution < -0.4 is 10.9 Å². The van der Waals surface area contributed by atoms with Gasteiger partial charge < -0.3 is 10.2 Å². The van der Waals surface area contributed by atoms with Gasteiger partial charge in [-0.3, -0.25) is 14.2 Å². The monoisotopic (exact) mass is 342 g/mol. The molecular formula is C19H26N4O2. The van der Waals surface area contributed by atoms with Crippen molar-refractivity contribution in [3.05, 3.63) is 40.9 Å². The lowest BCUT2D eigenvalue weighted by Crippen LogP contribution is -2.35. The van der Waals surface area contributed by atoms with Gasteiger partial charge in [0, 0.05) is 26.1 Å². The molecule has 1 fully saturated rings. The van der Waals surface area contributed by atoms with Crippen LogP contribution in [0, 0.1) is 5.92 Å². The number of benzene rings is 1. The van der Waals surface area contributed by atoms with Gasteiger partial charge in [-0.15, -0.1) is 0 Å². The van der Waals surface area contributed by atoms with E-state index in [1.807, 2.05) is 18.2 Å². The van der Waals surface area contributed by atoms with Gasteiger partial charge in [0.1, 0.15) is 0 Å². The number of amides is 1. The first-order chi connectivity index (χ1) is 12.1. The van der Waals surface area contributed by atoms with Crippen LogP contribution in [-0.4, -0.2) is 46.5 Å². The molecule has 6 nitrogen and oxygen atoms in total. The molecule has 0 aliphatic carbocycles. The normalized spacial score (nSPS) is 16.2. The Morgan fingerprint density at radius 1 is 1.28 bits per heavy atom. The number of carbonyl (C=O) groups is 1. The molecule has 1 aliphatic rings. The Hall–Kier alpha value is -2.21. The van der Waals surface area contributed by atoms with Crippen LogP contribution in [-0.2, 0) is 11.3 Å². The van der Waals surface area contributed by atoms with E-state index < -0.39 is 0 Å². The van der Waals surface area contributed by atoms with E-state index in [2.05, 4.69) is 22.1 Å². The molecule has 0 spiro atoms. The van der Waals surface area contributed by atoms with E-state index in [4.69, 9.17) is 0 Å². The second-order valence-corrected chi connectivity index (χ2v) is 6.93. The standard InChI is InChI=1S/C19H26N4O2/c1-15(13-22-9-4-5-10-22)12-20-18(24)8-11-23-14-21-17-7-3-2-6-16(17)19(23)25/h2-3,6-7,14-15H,4-5,8-13H2,1H3,(H,20,24)/t15-/m0/s1. The number of likely N-dealkylation sites (tertiary alicyclic amines) is 1. The van der Waals surface area contributed by atoms with E-state index in [0.29, 0.717) is 29.9 Å². The lowest BCUT2D eigenvalue weighted by Gasteiger charge is -2.20. The Balaban J connectivity index is 1.47. The van der Waals surface area contributed by atoms with Crippen LogP contribution in [0.1, 0.15) is 26.2 Å². The predicted octanol–water partition coefficient (Wildman–Crippen LogP) is 1.63. The Kier molecular flexibility index (Phi) is 5.81. The predicted molar refractivity (Wildman–Crippen MR) is 98.5 cm³/mol. The topological polar surface area (TPSA) is 67.2 Å². The van der Waals surface area contributed by atoms with Crippen molar-refractivity contribution in [2.75, 3.05) is 26.2 Å². The summed E-state index contributed by atoms with van der Waals surface area (Å²) in [6, 6.07) is 7.26. The van der Waals surface area contributed by atoms with Crippen LogP contribution in [0.5, 0.6) is 0 Å². The second-order valence-electron chi connectivity index (χ2n) is 6.93. The smallest absolute Gasteiger partial charge is 0.261 e. The highest BCUT2D eigenvalue weighted by atomic mass is 16.1. The maximum atomic E-state index is 12.4. The number of carbonyl (C=O) groups excluding carboxylic acids is 1. The minimum absolute atomic E-state index is 0.0201. The van der Waals surface area contributed by atoms with Crippen molar-refractivity contribution >= 4 is 16.8 Å². The molecule has 1 saturated heterocycles. The molecule has 1 amide bonds. The lowest BCUT2D eigenvalue weighted by molar-refractivity contribution is -0.121. The Labute approximate surface area is 147 Å². The fourth-order valence-electron chi connectivity index (χ4n) is 3.33. The molecule has 2 aromatic rings. The van der Waals surface area contributed by atoms with Crippen LogP contribution in [0.4, 0.5) is 0 Å². The molecule has 0 bridgehead atoms. The van der Waals surface area contributed by atoms with Crippen LogP contribution >= 0.6 is 0 Å². The largest absolute Gasteiger partial charge is 0.356 e. The molecule has 0 saturated carbocycles. The van der Waals surface area contributed by atoms with E-state index in [0.717, 1.165) is 6.54 Å². The minimum atomic E-state index is -0.0965. The molecule has 1 aromatic carbocycles. The molecule has 0 radical (unpaired) electrons. The van der Waals surface area contributed by atoms with Gasteiger partial charge in [-0.05, 0) is 44.0 Å². The zero-order valence-corrected chi connectivity index (χ0v) is 14.8. The number of para-hydroxylation sites is 1. The van der Waals surface area contributed by atoms with Crippen LogP contribution in [0.2, 0.25) is 0 Å². The van der Waals surface area contributed by atoms with Crippen molar-refractivity contribution in [2.45, 2.75) is 32.7 Å². The zero-order valence-electron chi connectivity index (χ0n) is 14.8. The summed E-state index contributed by atoms with van der Waals surface area (Å²) in [5, 5.41) is 3.57. The molecule has 2 heterocycles. The molecular weight excluding hydrogens is 316 g/mol. The Morgan fingerprint density at radius 2 is 2.04 bits per heavy atom. The lowest BCUT2D eigenvalue weighted by atomic mass is 10.1. The van der Waals surface area contributed by atoms with Gasteiger partial charge in [0.25, 0.3) is 5.56 Å². The van der Waals surface area contributed by atoms with E-state index >= 15 is 0 Å². The summed E-state index contributed by atoms with van der Waals surface area (Å²) in [6.45, 7) is 6.58. The van der Waals surface area contributed by atoms with Crippen LogP contribution in [0.25, 0.3) is 10.9 Å². The third kappa shape index (κ3) is 4.66. The minimum Gasteiger partial charge on any atom is -0.356 e. The molecule has 3 rings (SSSR count). The van der Waals surface area contributed by atoms with Crippen LogP contribution in [0.3, 0.4) is 0 Å². The summed E-state index contributed by atoms with van der Waals surface area (Å²) < 4.78 is 1.51. The summed E-state index contributed by atoms with van der Waals surface area (Å²) in [5.41, 5.74) is 0.588. The number of hydrogen-bond donors (Lipinski definition) is 1. The van der Waals surface area contributed by atoms with Crippen molar-refractivity contribution in [1.29, 1.82) is 0 Å². The van der Waals surface area contributed by atoms with Gasteiger partial charge in [0.2, 0.25) is 5.91 Å². The highest BCUT2D eigenvalue weighted by molar-refractivity contribution is 5.77. The zero-order chi connectivity index (χ0) is 17.6. The highest BCUT2D eigenvalue weighted by Gasteiger charge is 2.15. The van der Waals surface area contributed by atoms with Gasteiger partial charge in [-0.1, -0.05) is 19.1 Å². The van der Waals surface area contributed by atoms with E-state index in [1.54, 1.807) is 6.07 Å². The van der Waals surface area contributed by atoms with E-state index in [-0.39, 0.29) is 17.9 Å². The fraction of sp³-hybridized carbons (Fsp3) is 0.526. The maximum absolute atomic E-state index is 12.4. The molecule has 1 N–H and O–H groups in total. The SMILES string of the molecule is C[C@@H](CNC(=O)CCn1cnc2ccccc2c1=O)CN1CCCC1. The fourth-order valence-corrected chi connectivity index (χ4v) is 3.33.